The number of rotatable bonds is 16. The van der Waals surface area contributed by atoms with E-state index in [1.165, 1.54) is 63.4 Å². The minimum Gasteiger partial charge on any atom is -0.481 e. The van der Waals surface area contributed by atoms with Gasteiger partial charge in [-0.25, -0.2) is 0 Å². The maximum absolute atomic E-state index is 11.8. The summed E-state index contributed by atoms with van der Waals surface area (Å²) < 4.78 is 0. The number of aliphatic carboxylic acids is 1. The van der Waals surface area contributed by atoms with Crippen LogP contribution in [0.1, 0.15) is 108 Å². The molecule has 0 aliphatic heterocycles. The Morgan fingerprint density at radius 1 is 0.806 bits per heavy atom. The van der Waals surface area contributed by atoms with Crippen molar-refractivity contribution in [3.05, 3.63) is 53.7 Å². The van der Waals surface area contributed by atoms with Crippen LogP contribution >= 0.6 is 0 Å². The van der Waals surface area contributed by atoms with Crippen LogP contribution in [-0.4, -0.2) is 16.1 Å². The summed E-state index contributed by atoms with van der Waals surface area (Å²) in [7, 11) is 0. The summed E-state index contributed by atoms with van der Waals surface area (Å²) in [6.45, 7) is 4.44. The number of unbranched alkanes of at least 4 members (excludes halogenated alkanes) is 9. The molecule has 170 valence electrons. The first kappa shape index (κ1) is 25.1. The second kappa shape index (κ2) is 14.8. The summed E-state index contributed by atoms with van der Waals surface area (Å²) >= 11 is 0. The Hall–Kier alpha value is -2.16. The molecule has 0 amide bonds. The van der Waals surface area contributed by atoms with Gasteiger partial charge in [0.2, 0.25) is 0 Å². The van der Waals surface area contributed by atoms with E-state index in [4.69, 9.17) is 0 Å². The summed E-state index contributed by atoms with van der Waals surface area (Å²) in [5, 5.41) is 9.67. The molecule has 0 radical (unpaired) electrons. The lowest BCUT2D eigenvalue weighted by Gasteiger charge is -2.13. The third-order valence-electron chi connectivity index (χ3n) is 6.15. The molecule has 1 heterocycles. The molecule has 3 nitrogen and oxygen atoms in total. The van der Waals surface area contributed by atoms with Gasteiger partial charge in [0.05, 0.1) is 11.6 Å². The molecular weight excluding hydrogens is 382 g/mol. The van der Waals surface area contributed by atoms with Crippen molar-refractivity contribution < 1.29 is 9.90 Å². The Labute approximate surface area is 189 Å². The maximum atomic E-state index is 11.8. The van der Waals surface area contributed by atoms with Crippen molar-refractivity contribution in [1.29, 1.82) is 0 Å². The van der Waals surface area contributed by atoms with Gasteiger partial charge in [-0.3, -0.25) is 9.78 Å². The van der Waals surface area contributed by atoms with E-state index in [0.29, 0.717) is 6.42 Å². The highest BCUT2D eigenvalue weighted by molar-refractivity contribution is 5.76. The molecular formula is C28H41NO2. The Morgan fingerprint density at radius 2 is 1.42 bits per heavy atom. The molecule has 1 atom stereocenters. The highest BCUT2D eigenvalue weighted by Gasteiger charge is 2.19. The van der Waals surface area contributed by atoms with E-state index in [2.05, 4.69) is 31.0 Å². The van der Waals surface area contributed by atoms with Crippen LogP contribution in [0, 0.1) is 0 Å². The zero-order valence-corrected chi connectivity index (χ0v) is 19.6. The largest absolute Gasteiger partial charge is 0.481 e. The third kappa shape index (κ3) is 9.25. The average molecular weight is 424 g/mol. The number of nitrogens with zero attached hydrogens (tertiary/aromatic N) is 1. The van der Waals surface area contributed by atoms with Gasteiger partial charge in [0.25, 0.3) is 0 Å². The second-order valence-corrected chi connectivity index (χ2v) is 8.79. The topological polar surface area (TPSA) is 50.2 Å². The Morgan fingerprint density at radius 3 is 2.00 bits per heavy atom. The molecule has 0 saturated heterocycles. The lowest BCUT2D eigenvalue weighted by molar-refractivity contribution is -0.139. The molecule has 0 spiro atoms. The van der Waals surface area contributed by atoms with Crippen LogP contribution in [0.25, 0.3) is 11.3 Å². The summed E-state index contributed by atoms with van der Waals surface area (Å²) in [5.74, 6) is -1.14. The molecule has 1 aromatic carbocycles. The van der Waals surface area contributed by atoms with Crippen molar-refractivity contribution in [1.82, 2.24) is 4.98 Å². The standard InChI is InChI=1S/C28H41NO2/c1-3-5-7-9-11-12-14-23-16-21-27(29-22-23)25-19-17-24(18-20-25)26(28(30)31)15-13-10-8-6-4-2/h16-22,26H,3-15H2,1-2H3,(H,30,31). The number of carbonyl (C=O) groups is 1. The van der Waals surface area contributed by atoms with Gasteiger partial charge < -0.3 is 5.11 Å². The Kier molecular flexibility index (Phi) is 12.0. The molecule has 3 heteroatoms. The molecule has 2 aromatic rings. The minimum atomic E-state index is -0.722. The molecule has 0 bridgehead atoms. The van der Waals surface area contributed by atoms with Crippen molar-refractivity contribution in [2.24, 2.45) is 0 Å². The van der Waals surface area contributed by atoms with E-state index < -0.39 is 11.9 Å². The molecule has 0 aliphatic rings. The predicted molar refractivity (Wildman–Crippen MR) is 131 cm³/mol. The highest BCUT2D eigenvalue weighted by Crippen LogP contribution is 2.26. The number of benzene rings is 1. The van der Waals surface area contributed by atoms with Crippen LogP contribution in [0.4, 0.5) is 0 Å². The van der Waals surface area contributed by atoms with Crippen molar-refractivity contribution in [2.45, 2.75) is 103 Å². The van der Waals surface area contributed by atoms with Gasteiger partial charge in [-0.1, -0.05) is 108 Å². The number of aryl methyl sites for hydroxylation is 1. The number of hydrogen-bond acceptors (Lipinski definition) is 2. The normalized spacial score (nSPS) is 12.1. The zero-order valence-electron chi connectivity index (χ0n) is 19.6. The van der Waals surface area contributed by atoms with Gasteiger partial charge in [-0.05, 0) is 36.5 Å². The zero-order chi connectivity index (χ0) is 22.3. The van der Waals surface area contributed by atoms with Crippen molar-refractivity contribution in [2.75, 3.05) is 0 Å². The number of carboxylic acids is 1. The first-order valence-corrected chi connectivity index (χ1v) is 12.4. The molecule has 0 saturated carbocycles. The lowest BCUT2D eigenvalue weighted by atomic mass is 9.92. The summed E-state index contributed by atoms with van der Waals surface area (Å²) in [4.78, 5) is 16.4. The van der Waals surface area contributed by atoms with E-state index in [9.17, 15) is 9.90 Å². The fourth-order valence-corrected chi connectivity index (χ4v) is 4.12. The third-order valence-corrected chi connectivity index (χ3v) is 6.15. The fraction of sp³-hybridized carbons (Fsp3) is 0.571. The number of pyridine rings is 1. The first-order chi connectivity index (χ1) is 15.2. The van der Waals surface area contributed by atoms with E-state index in [0.717, 1.165) is 36.1 Å². The first-order valence-electron chi connectivity index (χ1n) is 12.4. The summed E-state index contributed by atoms with van der Waals surface area (Å²) in [5.41, 5.74) is 4.18. The molecule has 1 unspecified atom stereocenters. The van der Waals surface area contributed by atoms with E-state index in [1.54, 1.807) is 0 Å². The fourth-order valence-electron chi connectivity index (χ4n) is 4.12. The van der Waals surface area contributed by atoms with Crippen LogP contribution < -0.4 is 0 Å². The SMILES string of the molecule is CCCCCCCCc1ccc(-c2ccc(C(CCCCCCC)C(=O)O)cc2)nc1. The number of aromatic nitrogens is 1. The van der Waals surface area contributed by atoms with Crippen LogP contribution in [0.15, 0.2) is 42.6 Å². The molecule has 0 aliphatic carbocycles. The Bertz CT molecular complexity index is 737. The second-order valence-electron chi connectivity index (χ2n) is 8.79. The van der Waals surface area contributed by atoms with Gasteiger partial charge in [0.1, 0.15) is 0 Å². The van der Waals surface area contributed by atoms with Crippen molar-refractivity contribution in [3.63, 3.8) is 0 Å². The van der Waals surface area contributed by atoms with Gasteiger partial charge in [0, 0.05) is 11.8 Å². The van der Waals surface area contributed by atoms with E-state index >= 15 is 0 Å². The number of carboxylic acid groups (broad SMARTS) is 1. The molecule has 1 aromatic heterocycles. The van der Waals surface area contributed by atoms with Gasteiger partial charge in [0.15, 0.2) is 0 Å². The summed E-state index contributed by atoms with van der Waals surface area (Å²) in [6.07, 6.45) is 17.4. The van der Waals surface area contributed by atoms with Crippen molar-refractivity contribution in [3.8, 4) is 11.3 Å². The number of hydrogen-bond donors (Lipinski definition) is 1. The average Bonchev–Trinajstić information content (AvgIpc) is 2.79. The molecule has 1 N–H and O–H groups in total. The van der Waals surface area contributed by atoms with Crippen LogP contribution in [0.5, 0.6) is 0 Å². The predicted octanol–water partition coefficient (Wildman–Crippen LogP) is 8.18. The van der Waals surface area contributed by atoms with Crippen molar-refractivity contribution >= 4 is 5.97 Å². The smallest absolute Gasteiger partial charge is 0.310 e. The minimum absolute atomic E-state index is 0.414. The van der Waals surface area contributed by atoms with E-state index in [-0.39, 0.29) is 0 Å². The van der Waals surface area contributed by atoms with Gasteiger partial charge in [-0.2, -0.15) is 0 Å². The lowest BCUT2D eigenvalue weighted by Crippen LogP contribution is -2.11. The molecule has 0 fully saturated rings. The molecule has 2 rings (SSSR count). The highest BCUT2D eigenvalue weighted by atomic mass is 16.4. The van der Waals surface area contributed by atoms with Crippen LogP contribution in [0.2, 0.25) is 0 Å². The monoisotopic (exact) mass is 423 g/mol. The quantitative estimate of drug-likeness (QED) is 0.277. The van der Waals surface area contributed by atoms with Crippen LogP contribution in [0.3, 0.4) is 0 Å². The summed E-state index contributed by atoms with van der Waals surface area (Å²) in [6, 6.07) is 12.2. The molecule has 31 heavy (non-hydrogen) atoms. The maximum Gasteiger partial charge on any atom is 0.310 e. The van der Waals surface area contributed by atoms with Gasteiger partial charge in [-0.15, -0.1) is 0 Å². The van der Waals surface area contributed by atoms with Gasteiger partial charge >= 0.3 is 5.97 Å². The van der Waals surface area contributed by atoms with Crippen LogP contribution in [-0.2, 0) is 11.2 Å². The Balaban J connectivity index is 1.87. The van der Waals surface area contributed by atoms with E-state index in [1.807, 2.05) is 30.5 Å².